The first-order valence-corrected chi connectivity index (χ1v) is 7.23. The van der Waals surface area contributed by atoms with Crippen LogP contribution in [-0.2, 0) is 13.0 Å². The Hall–Kier alpha value is -1.75. The van der Waals surface area contributed by atoms with Crippen LogP contribution in [0.3, 0.4) is 0 Å². The summed E-state index contributed by atoms with van der Waals surface area (Å²) >= 11 is 0. The second-order valence-electron chi connectivity index (χ2n) is 5.84. The second-order valence-corrected chi connectivity index (χ2v) is 5.84. The molecular weight excluding hydrogens is 269 g/mol. The average Bonchev–Trinajstić information content (AvgIpc) is 2.85. The Morgan fingerprint density at radius 2 is 1.86 bits per heavy atom. The standard InChI is InChI=1S/C16H22FN3O/c1-11(2)9-16-18-15(19-21-16)10-20(4)12(3)13-5-7-14(17)8-6-13/h5-8,11-12H,9-10H2,1-4H3/t12-/m0/s1. The summed E-state index contributed by atoms with van der Waals surface area (Å²) in [6, 6.07) is 6.72. The summed E-state index contributed by atoms with van der Waals surface area (Å²) in [6.07, 6.45) is 0.796. The maximum Gasteiger partial charge on any atom is 0.226 e. The molecule has 0 aliphatic heterocycles. The summed E-state index contributed by atoms with van der Waals surface area (Å²) < 4.78 is 18.2. The molecule has 0 unspecified atom stereocenters. The molecule has 0 aliphatic rings. The zero-order valence-electron chi connectivity index (χ0n) is 13.0. The largest absolute Gasteiger partial charge is 0.339 e. The minimum Gasteiger partial charge on any atom is -0.339 e. The summed E-state index contributed by atoms with van der Waals surface area (Å²) in [5.41, 5.74) is 1.06. The highest BCUT2D eigenvalue weighted by Gasteiger charge is 2.15. The number of halogens is 1. The molecule has 1 aromatic heterocycles. The number of rotatable bonds is 6. The van der Waals surface area contributed by atoms with Crippen molar-refractivity contribution in [1.82, 2.24) is 15.0 Å². The Bertz CT molecular complexity index is 565. The highest BCUT2D eigenvalue weighted by atomic mass is 19.1. The van der Waals surface area contributed by atoms with Crippen LogP contribution >= 0.6 is 0 Å². The van der Waals surface area contributed by atoms with Crippen molar-refractivity contribution in [3.63, 3.8) is 0 Å². The molecule has 4 nitrogen and oxygen atoms in total. The first-order valence-electron chi connectivity index (χ1n) is 7.23. The molecule has 114 valence electrons. The SMILES string of the molecule is CC(C)Cc1nc(CN(C)[C@@H](C)c2ccc(F)cc2)no1. The molecule has 2 rings (SSSR count). The zero-order chi connectivity index (χ0) is 15.4. The summed E-state index contributed by atoms with van der Waals surface area (Å²) in [6.45, 7) is 6.90. The fraction of sp³-hybridized carbons (Fsp3) is 0.500. The van der Waals surface area contributed by atoms with Gasteiger partial charge in [-0.15, -0.1) is 0 Å². The Morgan fingerprint density at radius 1 is 1.19 bits per heavy atom. The smallest absolute Gasteiger partial charge is 0.226 e. The number of hydrogen-bond acceptors (Lipinski definition) is 4. The van der Waals surface area contributed by atoms with Gasteiger partial charge in [-0.1, -0.05) is 31.1 Å². The molecule has 21 heavy (non-hydrogen) atoms. The Kier molecular flexibility index (Phi) is 5.07. The molecule has 0 N–H and O–H groups in total. The van der Waals surface area contributed by atoms with Gasteiger partial charge in [0.2, 0.25) is 5.89 Å². The van der Waals surface area contributed by atoms with Crippen molar-refractivity contribution < 1.29 is 8.91 Å². The van der Waals surface area contributed by atoms with Crippen LogP contribution in [0.25, 0.3) is 0 Å². The third-order valence-corrected chi connectivity index (χ3v) is 3.50. The lowest BCUT2D eigenvalue weighted by Gasteiger charge is -2.23. The molecule has 0 amide bonds. The van der Waals surface area contributed by atoms with Crippen LogP contribution in [0, 0.1) is 11.7 Å². The van der Waals surface area contributed by atoms with E-state index in [9.17, 15) is 4.39 Å². The molecule has 1 aromatic carbocycles. The predicted molar refractivity (Wildman–Crippen MR) is 79.1 cm³/mol. The van der Waals surface area contributed by atoms with Crippen molar-refractivity contribution in [2.75, 3.05) is 7.05 Å². The van der Waals surface area contributed by atoms with Gasteiger partial charge in [-0.3, -0.25) is 4.90 Å². The third kappa shape index (κ3) is 4.36. The first kappa shape index (κ1) is 15.6. The van der Waals surface area contributed by atoms with Crippen LogP contribution in [0.1, 0.15) is 44.1 Å². The van der Waals surface area contributed by atoms with Crippen LogP contribution in [0.4, 0.5) is 4.39 Å². The van der Waals surface area contributed by atoms with Crippen molar-refractivity contribution in [2.24, 2.45) is 5.92 Å². The molecule has 0 saturated carbocycles. The van der Waals surface area contributed by atoms with E-state index in [1.165, 1.54) is 12.1 Å². The lowest BCUT2D eigenvalue weighted by atomic mass is 10.1. The minimum absolute atomic E-state index is 0.151. The third-order valence-electron chi connectivity index (χ3n) is 3.50. The van der Waals surface area contributed by atoms with Crippen LogP contribution in [0.2, 0.25) is 0 Å². The fourth-order valence-electron chi connectivity index (χ4n) is 2.14. The first-order chi connectivity index (χ1) is 9.95. The van der Waals surface area contributed by atoms with Crippen molar-refractivity contribution in [3.8, 4) is 0 Å². The molecule has 0 aliphatic carbocycles. The van der Waals surface area contributed by atoms with E-state index in [-0.39, 0.29) is 11.9 Å². The van der Waals surface area contributed by atoms with E-state index in [2.05, 4.69) is 35.8 Å². The number of aromatic nitrogens is 2. The lowest BCUT2D eigenvalue weighted by Crippen LogP contribution is -2.22. The lowest BCUT2D eigenvalue weighted by molar-refractivity contribution is 0.242. The highest BCUT2D eigenvalue weighted by molar-refractivity contribution is 5.19. The molecule has 1 heterocycles. The highest BCUT2D eigenvalue weighted by Crippen LogP contribution is 2.20. The summed E-state index contributed by atoms with van der Waals surface area (Å²) in [5.74, 6) is 1.64. The van der Waals surface area contributed by atoms with Gasteiger partial charge in [0, 0.05) is 12.5 Å². The van der Waals surface area contributed by atoms with E-state index in [1.54, 1.807) is 12.1 Å². The molecular formula is C16H22FN3O. The van der Waals surface area contributed by atoms with E-state index < -0.39 is 0 Å². The number of hydrogen-bond donors (Lipinski definition) is 0. The molecule has 0 fully saturated rings. The van der Waals surface area contributed by atoms with Crippen molar-refractivity contribution in [3.05, 3.63) is 47.4 Å². The van der Waals surface area contributed by atoms with Gasteiger partial charge in [-0.2, -0.15) is 4.98 Å². The van der Waals surface area contributed by atoms with E-state index in [4.69, 9.17) is 4.52 Å². The zero-order valence-corrected chi connectivity index (χ0v) is 13.0. The monoisotopic (exact) mass is 291 g/mol. The van der Waals surface area contributed by atoms with Gasteiger partial charge >= 0.3 is 0 Å². The van der Waals surface area contributed by atoms with Gasteiger partial charge in [0.1, 0.15) is 5.82 Å². The second kappa shape index (κ2) is 6.80. The van der Waals surface area contributed by atoms with E-state index >= 15 is 0 Å². The molecule has 0 spiro atoms. The molecule has 0 bridgehead atoms. The van der Waals surface area contributed by atoms with Gasteiger partial charge in [0.15, 0.2) is 5.82 Å². The van der Waals surface area contributed by atoms with Crippen LogP contribution in [-0.4, -0.2) is 22.1 Å². The molecule has 2 aromatic rings. The molecule has 0 saturated heterocycles. The predicted octanol–water partition coefficient (Wildman–Crippen LogP) is 3.60. The maximum atomic E-state index is 13.0. The van der Waals surface area contributed by atoms with Crippen LogP contribution in [0.15, 0.2) is 28.8 Å². The number of benzene rings is 1. The van der Waals surface area contributed by atoms with Gasteiger partial charge in [0.25, 0.3) is 0 Å². The Labute approximate surface area is 125 Å². The van der Waals surface area contributed by atoms with Gasteiger partial charge < -0.3 is 4.52 Å². The molecule has 5 heteroatoms. The normalized spacial score (nSPS) is 13.1. The van der Waals surface area contributed by atoms with Crippen molar-refractivity contribution >= 4 is 0 Å². The maximum absolute atomic E-state index is 13.0. The average molecular weight is 291 g/mol. The van der Waals surface area contributed by atoms with Gasteiger partial charge in [-0.05, 0) is 37.6 Å². The number of nitrogens with zero attached hydrogens (tertiary/aromatic N) is 3. The molecule has 1 atom stereocenters. The van der Waals surface area contributed by atoms with Crippen LogP contribution in [0.5, 0.6) is 0 Å². The fourth-order valence-corrected chi connectivity index (χ4v) is 2.14. The summed E-state index contributed by atoms with van der Waals surface area (Å²) in [5, 5.41) is 4.01. The summed E-state index contributed by atoms with van der Waals surface area (Å²) in [7, 11) is 1.99. The van der Waals surface area contributed by atoms with Crippen molar-refractivity contribution in [1.29, 1.82) is 0 Å². The quantitative estimate of drug-likeness (QED) is 0.815. The Balaban J connectivity index is 1.98. The summed E-state index contributed by atoms with van der Waals surface area (Å²) in [4.78, 5) is 6.51. The van der Waals surface area contributed by atoms with E-state index in [0.717, 1.165) is 12.0 Å². The van der Waals surface area contributed by atoms with Gasteiger partial charge in [-0.25, -0.2) is 4.39 Å². The minimum atomic E-state index is -0.218. The molecule has 0 radical (unpaired) electrons. The van der Waals surface area contributed by atoms with Gasteiger partial charge in [0.05, 0.1) is 6.54 Å². The van der Waals surface area contributed by atoms with E-state index in [0.29, 0.717) is 24.2 Å². The topological polar surface area (TPSA) is 42.2 Å². The Morgan fingerprint density at radius 3 is 2.48 bits per heavy atom. The van der Waals surface area contributed by atoms with Crippen LogP contribution < -0.4 is 0 Å². The van der Waals surface area contributed by atoms with Crippen molar-refractivity contribution in [2.45, 2.75) is 39.8 Å². The van der Waals surface area contributed by atoms with E-state index in [1.807, 2.05) is 7.05 Å².